The van der Waals surface area contributed by atoms with E-state index >= 15 is 0 Å². The molecule has 0 unspecified atom stereocenters. The number of hydrogen-bond donors (Lipinski definition) is 2. The number of anilines is 1. The van der Waals surface area contributed by atoms with Crippen molar-refractivity contribution in [3.63, 3.8) is 0 Å². The van der Waals surface area contributed by atoms with Crippen molar-refractivity contribution in [1.29, 1.82) is 0 Å². The number of urea groups is 1. The first kappa shape index (κ1) is 15.1. The maximum atomic E-state index is 12.2. The van der Waals surface area contributed by atoms with Gasteiger partial charge >= 0.3 is 12.0 Å². The van der Waals surface area contributed by atoms with Crippen LogP contribution in [0.25, 0.3) is 0 Å². The smallest absolute Gasteiger partial charge is 0.337 e. The van der Waals surface area contributed by atoms with Gasteiger partial charge in [0.25, 0.3) is 0 Å². The third kappa shape index (κ3) is 3.84. The van der Waals surface area contributed by atoms with Gasteiger partial charge in [0.2, 0.25) is 0 Å². The summed E-state index contributed by atoms with van der Waals surface area (Å²) >= 11 is 2.05. The Morgan fingerprint density at radius 3 is 2.70 bits per heavy atom. The highest BCUT2D eigenvalue weighted by Crippen LogP contribution is 2.30. The highest BCUT2D eigenvalue weighted by molar-refractivity contribution is 14.1. The van der Waals surface area contributed by atoms with E-state index < -0.39 is 5.97 Å². The lowest BCUT2D eigenvalue weighted by Gasteiger charge is -2.21. The maximum Gasteiger partial charge on any atom is 0.337 e. The maximum absolute atomic E-state index is 12.2. The van der Waals surface area contributed by atoms with Gasteiger partial charge < -0.3 is 15.3 Å². The van der Waals surface area contributed by atoms with Crippen molar-refractivity contribution >= 4 is 40.3 Å². The van der Waals surface area contributed by atoms with E-state index in [1.807, 2.05) is 29.5 Å². The number of carbonyl (C=O) groups is 2. The zero-order valence-electron chi connectivity index (χ0n) is 11.2. The van der Waals surface area contributed by atoms with Gasteiger partial charge in [-0.25, -0.2) is 9.59 Å². The van der Waals surface area contributed by atoms with E-state index in [9.17, 15) is 14.7 Å². The minimum absolute atomic E-state index is 0.118. The second-order valence-electron chi connectivity index (χ2n) is 4.91. The molecule has 2 amide bonds. The van der Waals surface area contributed by atoms with Gasteiger partial charge in [0.15, 0.2) is 0 Å². The number of amides is 2. The molecule has 0 spiro atoms. The van der Waals surface area contributed by atoms with Crippen LogP contribution in [0.1, 0.15) is 30.1 Å². The number of nitrogens with zero attached hydrogens (tertiary/aromatic N) is 1. The number of aromatic carboxylic acids is 1. The highest BCUT2D eigenvalue weighted by atomic mass is 127. The molecule has 6 heteroatoms. The lowest BCUT2D eigenvalue weighted by molar-refractivity contribution is 0.0698. The SMILES string of the molecule is CCN(CC1CC1)C(=O)Nc1ccc(I)cc1C(=O)O. The van der Waals surface area contributed by atoms with Crippen LogP contribution < -0.4 is 5.32 Å². The summed E-state index contributed by atoms with van der Waals surface area (Å²) < 4.78 is 0.823. The molecule has 1 aliphatic carbocycles. The topological polar surface area (TPSA) is 69.6 Å². The molecule has 1 fully saturated rings. The summed E-state index contributed by atoms with van der Waals surface area (Å²) in [5, 5.41) is 11.9. The lowest BCUT2D eigenvalue weighted by atomic mass is 10.2. The number of carbonyl (C=O) groups excluding carboxylic acids is 1. The van der Waals surface area contributed by atoms with Crippen LogP contribution in [-0.2, 0) is 0 Å². The molecule has 2 rings (SSSR count). The largest absolute Gasteiger partial charge is 0.478 e. The third-order valence-corrected chi connectivity index (χ3v) is 3.97. The Balaban J connectivity index is 2.11. The lowest BCUT2D eigenvalue weighted by Crippen LogP contribution is -2.36. The van der Waals surface area contributed by atoms with E-state index in [0.717, 1.165) is 10.1 Å². The molecule has 0 atom stereocenters. The van der Waals surface area contributed by atoms with Gasteiger partial charge in [-0.05, 0) is 66.5 Å². The average Bonchev–Trinajstić information content (AvgIpc) is 3.21. The molecule has 0 heterocycles. The van der Waals surface area contributed by atoms with Crippen LogP contribution in [0.15, 0.2) is 18.2 Å². The number of hydrogen-bond acceptors (Lipinski definition) is 2. The number of benzene rings is 1. The zero-order valence-corrected chi connectivity index (χ0v) is 13.4. The predicted octanol–water partition coefficient (Wildman–Crippen LogP) is 3.25. The van der Waals surface area contributed by atoms with Crippen molar-refractivity contribution < 1.29 is 14.7 Å². The van der Waals surface area contributed by atoms with Crippen molar-refractivity contribution in [2.45, 2.75) is 19.8 Å². The van der Waals surface area contributed by atoms with Crippen molar-refractivity contribution in [2.24, 2.45) is 5.92 Å². The Morgan fingerprint density at radius 2 is 2.15 bits per heavy atom. The summed E-state index contributed by atoms with van der Waals surface area (Å²) in [5.41, 5.74) is 0.463. The molecule has 0 saturated heterocycles. The van der Waals surface area contributed by atoms with Gasteiger partial charge in [-0.15, -0.1) is 0 Å². The Kier molecular flexibility index (Phi) is 4.85. The summed E-state index contributed by atoms with van der Waals surface area (Å²) in [4.78, 5) is 25.1. The van der Waals surface area contributed by atoms with Crippen molar-refractivity contribution in [1.82, 2.24) is 4.90 Å². The number of halogens is 1. The summed E-state index contributed by atoms with van der Waals surface area (Å²) in [7, 11) is 0. The molecule has 108 valence electrons. The summed E-state index contributed by atoms with van der Waals surface area (Å²) in [6.07, 6.45) is 2.35. The number of rotatable bonds is 5. The first-order valence-electron chi connectivity index (χ1n) is 6.60. The van der Waals surface area contributed by atoms with E-state index in [-0.39, 0.29) is 11.6 Å². The van der Waals surface area contributed by atoms with Gasteiger partial charge in [-0.3, -0.25) is 0 Å². The quantitative estimate of drug-likeness (QED) is 0.761. The standard InChI is InChI=1S/C14H17IN2O3/c1-2-17(8-9-3-4-9)14(20)16-12-6-5-10(15)7-11(12)13(18)19/h5-7,9H,2-4,8H2,1H3,(H,16,20)(H,18,19). The monoisotopic (exact) mass is 388 g/mol. The first-order valence-corrected chi connectivity index (χ1v) is 7.68. The fourth-order valence-corrected chi connectivity index (χ4v) is 2.46. The van der Waals surface area contributed by atoms with Gasteiger partial charge in [0, 0.05) is 16.7 Å². The van der Waals surface area contributed by atoms with Crippen LogP contribution >= 0.6 is 22.6 Å². The van der Waals surface area contributed by atoms with Crippen molar-refractivity contribution in [2.75, 3.05) is 18.4 Å². The summed E-state index contributed by atoms with van der Waals surface area (Å²) in [5.74, 6) is -0.430. The Hall–Kier alpha value is -1.31. The van der Waals surface area contributed by atoms with Crippen LogP contribution in [0.5, 0.6) is 0 Å². The molecule has 0 aliphatic heterocycles. The van der Waals surface area contributed by atoms with Gasteiger partial charge in [-0.1, -0.05) is 0 Å². The Labute approximate surface area is 131 Å². The van der Waals surface area contributed by atoms with E-state index in [1.54, 1.807) is 23.1 Å². The number of carboxylic acid groups (broad SMARTS) is 1. The van der Waals surface area contributed by atoms with Gasteiger partial charge in [0.05, 0.1) is 11.3 Å². The molecule has 0 radical (unpaired) electrons. The van der Waals surface area contributed by atoms with Gasteiger partial charge in [-0.2, -0.15) is 0 Å². The molecule has 1 aliphatic rings. The van der Waals surface area contributed by atoms with Crippen LogP contribution in [0.2, 0.25) is 0 Å². The molecule has 1 aromatic carbocycles. The predicted molar refractivity (Wildman–Crippen MR) is 85.1 cm³/mol. The number of nitrogens with one attached hydrogen (secondary N) is 1. The molecule has 1 saturated carbocycles. The first-order chi connectivity index (χ1) is 9.51. The second kappa shape index (κ2) is 6.43. The van der Waals surface area contributed by atoms with E-state index in [4.69, 9.17) is 0 Å². The molecule has 5 nitrogen and oxygen atoms in total. The number of carboxylic acids is 1. The molecule has 1 aromatic rings. The molecule has 20 heavy (non-hydrogen) atoms. The zero-order chi connectivity index (χ0) is 14.7. The minimum atomic E-state index is -1.04. The Morgan fingerprint density at radius 1 is 1.45 bits per heavy atom. The van der Waals surface area contributed by atoms with E-state index in [0.29, 0.717) is 18.2 Å². The fraction of sp³-hybridized carbons (Fsp3) is 0.429. The molecule has 2 N–H and O–H groups in total. The minimum Gasteiger partial charge on any atom is -0.478 e. The van der Waals surface area contributed by atoms with Crippen LogP contribution in [0.3, 0.4) is 0 Å². The molecular formula is C14H17IN2O3. The van der Waals surface area contributed by atoms with Gasteiger partial charge in [0.1, 0.15) is 0 Å². The molecule has 0 aromatic heterocycles. The average molecular weight is 388 g/mol. The van der Waals surface area contributed by atoms with Crippen LogP contribution in [-0.4, -0.2) is 35.1 Å². The third-order valence-electron chi connectivity index (χ3n) is 3.30. The summed E-state index contributed by atoms with van der Waals surface area (Å²) in [6, 6.07) is 4.73. The highest BCUT2D eigenvalue weighted by Gasteiger charge is 2.26. The van der Waals surface area contributed by atoms with Crippen molar-refractivity contribution in [3.05, 3.63) is 27.3 Å². The van der Waals surface area contributed by atoms with E-state index in [2.05, 4.69) is 5.32 Å². The normalized spacial score (nSPS) is 13.9. The van der Waals surface area contributed by atoms with Crippen LogP contribution in [0, 0.1) is 9.49 Å². The molecule has 0 bridgehead atoms. The molecular weight excluding hydrogens is 371 g/mol. The summed E-state index contributed by atoms with van der Waals surface area (Å²) in [6.45, 7) is 3.29. The second-order valence-corrected chi connectivity index (χ2v) is 6.15. The Bertz CT molecular complexity index is 529. The fourth-order valence-electron chi connectivity index (χ4n) is 1.96. The van der Waals surface area contributed by atoms with E-state index in [1.165, 1.54) is 12.8 Å². The van der Waals surface area contributed by atoms with Crippen LogP contribution in [0.4, 0.5) is 10.5 Å². The van der Waals surface area contributed by atoms with Crippen molar-refractivity contribution in [3.8, 4) is 0 Å².